The predicted octanol–water partition coefficient (Wildman–Crippen LogP) is 2.88. The van der Waals surface area contributed by atoms with Gasteiger partial charge in [-0.1, -0.05) is 19.1 Å². The summed E-state index contributed by atoms with van der Waals surface area (Å²) < 4.78 is 14.9. The molecule has 5 heteroatoms. The minimum absolute atomic E-state index is 0.0434. The number of nitrogens with zero attached hydrogens (tertiary/aromatic N) is 2. The monoisotopic (exact) mass is 262 g/mol. The maximum Gasteiger partial charge on any atom is 0.148 e. The number of hydrogen-bond donors (Lipinski definition) is 2. The van der Waals surface area contributed by atoms with E-state index >= 15 is 0 Å². The van der Waals surface area contributed by atoms with E-state index in [4.69, 9.17) is 5.73 Å². The van der Waals surface area contributed by atoms with E-state index in [0.29, 0.717) is 5.69 Å². The Bertz CT molecular complexity index is 577. The molecule has 1 aromatic carbocycles. The van der Waals surface area contributed by atoms with Gasteiger partial charge in [-0.3, -0.25) is 4.68 Å². The lowest BCUT2D eigenvalue weighted by Gasteiger charge is -2.16. The average Bonchev–Trinajstić information content (AvgIpc) is 2.66. The molecule has 3 N–H and O–H groups in total. The van der Waals surface area contributed by atoms with Gasteiger partial charge in [-0.25, -0.2) is 4.39 Å². The van der Waals surface area contributed by atoms with Gasteiger partial charge in [-0.2, -0.15) is 5.10 Å². The van der Waals surface area contributed by atoms with Gasteiger partial charge in [0.1, 0.15) is 11.6 Å². The Morgan fingerprint density at radius 2 is 2.21 bits per heavy atom. The summed E-state index contributed by atoms with van der Waals surface area (Å²) in [4.78, 5) is 0. The Kier molecular flexibility index (Phi) is 3.74. The van der Waals surface area contributed by atoms with Gasteiger partial charge in [0.2, 0.25) is 0 Å². The molecule has 1 atom stereocenters. The second kappa shape index (κ2) is 5.30. The van der Waals surface area contributed by atoms with Crippen molar-refractivity contribution < 1.29 is 4.39 Å². The number of anilines is 2. The number of benzene rings is 1. The van der Waals surface area contributed by atoms with Crippen molar-refractivity contribution in [2.24, 2.45) is 7.05 Å². The van der Waals surface area contributed by atoms with Crippen LogP contribution >= 0.6 is 0 Å². The molecule has 2 aromatic rings. The van der Waals surface area contributed by atoms with Crippen LogP contribution in [0.5, 0.6) is 0 Å². The number of nitrogens with one attached hydrogen (secondary N) is 1. The third-order valence-corrected chi connectivity index (χ3v) is 3.20. The van der Waals surface area contributed by atoms with Crippen molar-refractivity contribution in [3.8, 4) is 0 Å². The molecule has 0 spiro atoms. The average molecular weight is 262 g/mol. The molecule has 2 rings (SSSR count). The highest BCUT2D eigenvalue weighted by Gasteiger charge is 2.15. The van der Waals surface area contributed by atoms with Gasteiger partial charge in [0.15, 0.2) is 0 Å². The minimum Gasteiger partial charge on any atom is -0.394 e. The highest BCUT2D eigenvalue weighted by Crippen LogP contribution is 2.26. The summed E-state index contributed by atoms with van der Waals surface area (Å²) in [6.07, 6.45) is 0.787. The van der Waals surface area contributed by atoms with Crippen molar-refractivity contribution in [2.45, 2.75) is 26.3 Å². The van der Waals surface area contributed by atoms with E-state index in [2.05, 4.69) is 10.4 Å². The summed E-state index contributed by atoms with van der Waals surface area (Å²) in [7, 11) is 1.84. The molecule has 0 fully saturated rings. The minimum atomic E-state index is -0.238. The van der Waals surface area contributed by atoms with Crippen molar-refractivity contribution in [2.75, 3.05) is 11.1 Å². The molecule has 0 aliphatic carbocycles. The third-order valence-electron chi connectivity index (χ3n) is 3.20. The molecule has 19 heavy (non-hydrogen) atoms. The maximum absolute atomic E-state index is 13.2. The van der Waals surface area contributed by atoms with Gasteiger partial charge < -0.3 is 11.1 Å². The predicted molar refractivity (Wildman–Crippen MR) is 75.4 cm³/mol. The van der Waals surface area contributed by atoms with Crippen LogP contribution in [0.15, 0.2) is 24.3 Å². The Labute approximate surface area is 112 Å². The van der Waals surface area contributed by atoms with Crippen molar-refractivity contribution in [3.63, 3.8) is 0 Å². The maximum atomic E-state index is 13.2. The normalized spacial score (nSPS) is 12.4. The van der Waals surface area contributed by atoms with Crippen LogP contribution in [0.3, 0.4) is 0 Å². The fraction of sp³-hybridized carbons (Fsp3) is 0.357. The van der Waals surface area contributed by atoms with Gasteiger partial charge in [0, 0.05) is 7.05 Å². The van der Waals surface area contributed by atoms with E-state index in [1.165, 1.54) is 12.1 Å². The SMILES string of the molecule is CCc1nn(C)c(NC(C)c2cccc(F)c2)c1N. The summed E-state index contributed by atoms with van der Waals surface area (Å²) in [5.41, 5.74) is 8.46. The van der Waals surface area contributed by atoms with E-state index in [-0.39, 0.29) is 11.9 Å². The van der Waals surface area contributed by atoms with Crippen LogP contribution in [0.4, 0.5) is 15.9 Å². The standard InChI is InChI=1S/C14H19FN4/c1-4-12-13(16)14(19(3)18-12)17-9(2)10-6-5-7-11(15)8-10/h5-9,17H,4,16H2,1-3H3. The molecule has 0 aliphatic rings. The first-order chi connectivity index (χ1) is 9.02. The fourth-order valence-corrected chi connectivity index (χ4v) is 2.09. The number of rotatable bonds is 4. The molecule has 1 heterocycles. The van der Waals surface area contributed by atoms with Crippen LogP contribution < -0.4 is 11.1 Å². The van der Waals surface area contributed by atoms with Crippen molar-refractivity contribution in [3.05, 3.63) is 41.3 Å². The summed E-state index contributed by atoms with van der Waals surface area (Å²) in [6, 6.07) is 6.49. The number of nitrogen functional groups attached to an aromatic ring is 1. The lowest BCUT2D eigenvalue weighted by atomic mass is 10.1. The molecule has 4 nitrogen and oxygen atoms in total. The quantitative estimate of drug-likeness (QED) is 0.890. The zero-order chi connectivity index (χ0) is 14.0. The van der Waals surface area contributed by atoms with E-state index < -0.39 is 0 Å². The topological polar surface area (TPSA) is 55.9 Å². The molecule has 1 unspecified atom stereocenters. The van der Waals surface area contributed by atoms with Gasteiger partial charge >= 0.3 is 0 Å². The number of nitrogens with two attached hydrogens (primary N) is 1. The molecule has 0 aliphatic heterocycles. The summed E-state index contributed by atoms with van der Waals surface area (Å²) >= 11 is 0. The molecule has 0 saturated carbocycles. The second-order valence-corrected chi connectivity index (χ2v) is 4.61. The van der Waals surface area contributed by atoms with Crippen LogP contribution in [-0.2, 0) is 13.5 Å². The summed E-state index contributed by atoms with van der Waals surface area (Å²) in [6.45, 7) is 3.98. The Morgan fingerprint density at radius 1 is 1.47 bits per heavy atom. The molecule has 102 valence electrons. The molecule has 1 aromatic heterocycles. The van der Waals surface area contributed by atoms with Crippen molar-refractivity contribution in [1.82, 2.24) is 9.78 Å². The molecular weight excluding hydrogens is 243 g/mol. The van der Waals surface area contributed by atoms with E-state index in [1.807, 2.05) is 27.0 Å². The molecule has 0 bridgehead atoms. The first kappa shape index (κ1) is 13.4. The fourth-order valence-electron chi connectivity index (χ4n) is 2.09. The molecule has 0 radical (unpaired) electrons. The van der Waals surface area contributed by atoms with Gasteiger partial charge in [0.05, 0.1) is 17.4 Å². The highest BCUT2D eigenvalue weighted by molar-refractivity contribution is 5.65. The number of hydrogen-bond acceptors (Lipinski definition) is 3. The third kappa shape index (κ3) is 2.70. The number of aromatic nitrogens is 2. The zero-order valence-electron chi connectivity index (χ0n) is 11.4. The Balaban J connectivity index is 2.24. The lowest BCUT2D eigenvalue weighted by molar-refractivity contribution is 0.623. The van der Waals surface area contributed by atoms with Gasteiger partial charge in [-0.15, -0.1) is 0 Å². The highest BCUT2D eigenvalue weighted by atomic mass is 19.1. The number of halogens is 1. The number of aryl methyl sites for hydroxylation is 2. The largest absolute Gasteiger partial charge is 0.394 e. The molecule has 0 saturated heterocycles. The molecule has 0 amide bonds. The zero-order valence-corrected chi connectivity index (χ0v) is 11.4. The summed E-state index contributed by atoms with van der Waals surface area (Å²) in [5, 5.41) is 7.63. The van der Waals surface area contributed by atoms with Crippen molar-refractivity contribution >= 4 is 11.5 Å². The van der Waals surface area contributed by atoms with Crippen LogP contribution in [-0.4, -0.2) is 9.78 Å². The van der Waals surface area contributed by atoms with Crippen LogP contribution in [0.1, 0.15) is 31.1 Å². The van der Waals surface area contributed by atoms with E-state index in [9.17, 15) is 4.39 Å². The van der Waals surface area contributed by atoms with Gasteiger partial charge in [-0.05, 0) is 31.0 Å². The first-order valence-electron chi connectivity index (χ1n) is 6.36. The summed E-state index contributed by atoms with van der Waals surface area (Å²) in [5.74, 6) is 0.534. The van der Waals surface area contributed by atoms with Crippen LogP contribution in [0.25, 0.3) is 0 Å². The molecular formula is C14H19FN4. The first-order valence-corrected chi connectivity index (χ1v) is 6.36. The smallest absolute Gasteiger partial charge is 0.148 e. The van der Waals surface area contributed by atoms with E-state index in [0.717, 1.165) is 23.5 Å². The lowest BCUT2D eigenvalue weighted by Crippen LogP contribution is -2.11. The second-order valence-electron chi connectivity index (χ2n) is 4.61. The Hall–Kier alpha value is -2.04. The van der Waals surface area contributed by atoms with Crippen LogP contribution in [0, 0.1) is 5.82 Å². The van der Waals surface area contributed by atoms with Crippen LogP contribution in [0.2, 0.25) is 0 Å². The van der Waals surface area contributed by atoms with Gasteiger partial charge in [0.25, 0.3) is 0 Å². The van der Waals surface area contributed by atoms with Crippen molar-refractivity contribution in [1.29, 1.82) is 0 Å². The Morgan fingerprint density at radius 3 is 2.79 bits per heavy atom. The van der Waals surface area contributed by atoms with E-state index in [1.54, 1.807) is 10.7 Å².